The standard InChI is InChI=1S/C17H27NO3S/c1-22(20,21)15-2-4-18(5-3-15)16(19)17-9-12-6-13(10-17)8-14(7-12)11-17/h12-15H,2-11H2,1H3. The molecule has 0 aromatic heterocycles. The number of carbonyl (C=O) groups is 1. The number of piperidine rings is 1. The summed E-state index contributed by atoms with van der Waals surface area (Å²) in [5.74, 6) is 2.70. The van der Waals surface area contributed by atoms with Crippen molar-refractivity contribution < 1.29 is 13.2 Å². The molecule has 0 N–H and O–H groups in total. The summed E-state index contributed by atoms with van der Waals surface area (Å²) in [6.07, 6.45) is 9.92. The maximum absolute atomic E-state index is 13.2. The quantitative estimate of drug-likeness (QED) is 0.782. The lowest BCUT2D eigenvalue weighted by molar-refractivity contribution is -0.158. The molecule has 1 aliphatic heterocycles. The lowest BCUT2D eigenvalue weighted by Crippen LogP contribution is -2.56. The molecule has 5 fully saturated rings. The van der Waals surface area contributed by atoms with Gasteiger partial charge in [0.25, 0.3) is 0 Å². The molecule has 0 spiro atoms. The van der Waals surface area contributed by atoms with E-state index >= 15 is 0 Å². The van der Waals surface area contributed by atoms with Crippen LogP contribution in [0.25, 0.3) is 0 Å². The van der Waals surface area contributed by atoms with Crippen molar-refractivity contribution in [3.8, 4) is 0 Å². The second-order valence-electron chi connectivity index (χ2n) is 8.52. The first-order valence-electron chi connectivity index (χ1n) is 8.84. The molecule has 4 nitrogen and oxygen atoms in total. The Morgan fingerprint density at radius 3 is 1.82 bits per heavy atom. The van der Waals surface area contributed by atoms with Gasteiger partial charge in [-0.1, -0.05) is 0 Å². The van der Waals surface area contributed by atoms with Crippen molar-refractivity contribution >= 4 is 15.7 Å². The van der Waals surface area contributed by atoms with Crippen molar-refractivity contribution in [2.45, 2.75) is 56.6 Å². The van der Waals surface area contributed by atoms with E-state index < -0.39 is 9.84 Å². The number of carbonyl (C=O) groups excluding carboxylic acids is 1. The molecule has 1 amide bonds. The average Bonchev–Trinajstić information content (AvgIpc) is 2.44. The normalized spacial score (nSPS) is 41.9. The highest BCUT2D eigenvalue weighted by Crippen LogP contribution is 2.60. The van der Waals surface area contributed by atoms with Gasteiger partial charge in [0, 0.05) is 19.3 Å². The number of hydrogen-bond donors (Lipinski definition) is 0. The van der Waals surface area contributed by atoms with Crippen LogP contribution in [-0.4, -0.2) is 43.8 Å². The zero-order chi connectivity index (χ0) is 15.5. The summed E-state index contributed by atoms with van der Waals surface area (Å²) in [5.41, 5.74) is -0.0767. The molecule has 124 valence electrons. The van der Waals surface area contributed by atoms with E-state index in [0.717, 1.165) is 37.0 Å². The summed E-state index contributed by atoms with van der Waals surface area (Å²) in [6.45, 7) is 1.27. The number of likely N-dealkylation sites (tertiary alicyclic amines) is 1. The van der Waals surface area contributed by atoms with E-state index in [2.05, 4.69) is 0 Å². The molecule has 1 saturated heterocycles. The van der Waals surface area contributed by atoms with Crippen LogP contribution in [0.3, 0.4) is 0 Å². The van der Waals surface area contributed by atoms with Crippen LogP contribution < -0.4 is 0 Å². The minimum atomic E-state index is -2.96. The summed E-state index contributed by atoms with van der Waals surface area (Å²) >= 11 is 0. The van der Waals surface area contributed by atoms with Gasteiger partial charge in [0.15, 0.2) is 0 Å². The molecule has 0 aromatic carbocycles. The second-order valence-corrected chi connectivity index (χ2v) is 10.8. The van der Waals surface area contributed by atoms with Crippen LogP contribution in [0.5, 0.6) is 0 Å². The van der Waals surface area contributed by atoms with Crippen molar-refractivity contribution in [3.05, 3.63) is 0 Å². The van der Waals surface area contributed by atoms with Gasteiger partial charge in [0.1, 0.15) is 9.84 Å². The largest absolute Gasteiger partial charge is 0.342 e. The second kappa shape index (κ2) is 4.96. The number of nitrogens with zero attached hydrogens (tertiary/aromatic N) is 1. The van der Waals surface area contributed by atoms with Crippen LogP contribution >= 0.6 is 0 Å². The summed E-state index contributed by atoms with van der Waals surface area (Å²) in [6, 6.07) is 0. The van der Waals surface area contributed by atoms with Gasteiger partial charge in [-0.05, 0) is 69.1 Å². The predicted molar refractivity (Wildman–Crippen MR) is 85.1 cm³/mol. The smallest absolute Gasteiger partial charge is 0.228 e. The van der Waals surface area contributed by atoms with E-state index in [1.165, 1.54) is 25.5 Å². The molecular weight excluding hydrogens is 298 g/mol. The number of rotatable bonds is 2. The number of amides is 1. The fourth-order valence-electron chi connectivity index (χ4n) is 6.20. The molecule has 0 atom stereocenters. The molecule has 5 rings (SSSR count). The zero-order valence-corrected chi connectivity index (χ0v) is 14.3. The van der Waals surface area contributed by atoms with Gasteiger partial charge in [-0.3, -0.25) is 4.79 Å². The van der Waals surface area contributed by atoms with Gasteiger partial charge >= 0.3 is 0 Å². The Kier molecular flexibility index (Phi) is 3.37. The molecule has 0 aromatic rings. The molecule has 5 aliphatic rings. The number of hydrogen-bond acceptors (Lipinski definition) is 3. The average molecular weight is 325 g/mol. The van der Waals surface area contributed by atoms with Crippen LogP contribution in [0.4, 0.5) is 0 Å². The summed E-state index contributed by atoms with van der Waals surface area (Å²) < 4.78 is 23.4. The van der Waals surface area contributed by atoms with Gasteiger partial charge in [0.2, 0.25) is 5.91 Å². The Labute approximate surface area is 133 Å². The van der Waals surface area contributed by atoms with Crippen LogP contribution in [0.1, 0.15) is 51.4 Å². The van der Waals surface area contributed by atoms with Crippen molar-refractivity contribution in [2.24, 2.45) is 23.2 Å². The van der Waals surface area contributed by atoms with Gasteiger partial charge in [-0.2, -0.15) is 0 Å². The third-order valence-corrected chi connectivity index (χ3v) is 8.51. The van der Waals surface area contributed by atoms with Gasteiger partial charge in [-0.25, -0.2) is 8.42 Å². The van der Waals surface area contributed by atoms with Crippen LogP contribution in [0.15, 0.2) is 0 Å². The molecule has 0 radical (unpaired) electrons. The first-order chi connectivity index (χ1) is 10.4. The summed E-state index contributed by atoms with van der Waals surface area (Å²) in [4.78, 5) is 15.2. The third kappa shape index (κ3) is 2.40. The monoisotopic (exact) mass is 325 g/mol. The molecule has 0 unspecified atom stereocenters. The molecular formula is C17H27NO3S. The topological polar surface area (TPSA) is 54.5 Å². The molecule has 22 heavy (non-hydrogen) atoms. The maximum Gasteiger partial charge on any atom is 0.228 e. The Morgan fingerprint density at radius 1 is 0.955 bits per heavy atom. The molecule has 4 saturated carbocycles. The highest BCUT2D eigenvalue weighted by molar-refractivity contribution is 7.91. The lowest BCUT2D eigenvalue weighted by Gasteiger charge is -2.57. The summed E-state index contributed by atoms with van der Waals surface area (Å²) in [7, 11) is -2.96. The van der Waals surface area contributed by atoms with Crippen LogP contribution in [0, 0.1) is 23.2 Å². The van der Waals surface area contributed by atoms with E-state index in [-0.39, 0.29) is 10.7 Å². The first kappa shape index (κ1) is 15.0. The predicted octanol–water partition coefficient (Wildman–Crippen LogP) is 2.24. The van der Waals surface area contributed by atoms with Crippen molar-refractivity contribution in [1.29, 1.82) is 0 Å². The lowest BCUT2D eigenvalue weighted by atomic mass is 9.49. The Bertz CT molecular complexity index is 539. The highest BCUT2D eigenvalue weighted by Gasteiger charge is 2.55. The van der Waals surface area contributed by atoms with Crippen molar-refractivity contribution in [1.82, 2.24) is 4.90 Å². The SMILES string of the molecule is CS(=O)(=O)C1CCN(C(=O)C23CC4CC(CC(C4)C2)C3)CC1. The van der Waals surface area contributed by atoms with Gasteiger partial charge in [-0.15, -0.1) is 0 Å². The van der Waals surface area contributed by atoms with Crippen molar-refractivity contribution in [3.63, 3.8) is 0 Å². The summed E-state index contributed by atoms with van der Waals surface area (Å²) in [5, 5.41) is -0.243. The maximum atomic E-state index is 13.2. The van der Waals surface area contributed by atoms with E-state index in [9.17, 15) is 13.2 Å². The molecule has 4 bridgehead atoms. The minimum Gasteiger partial charge on any atom is -0.342 e. The Morgan fingerprint density at radius 2 is 1.41 bits per heavy atom. The van der Waals surface area contributed by atoms with Crippen molar-refractivity contribution in [2.75, 3.05) is 19.3 Å². The molecule has 5 heteroatoms. The third-order valence-electron chi connectivity index (χ3n) is 6.83. The van der Waals surface area contributed by atoms with Gasteiger partial charge in [0.05, 0.1) is 10.7 Å². The first-order valence-corrected chi connectivity index (χ1v) is 10.8. The Hall–Kier alpha value is -0.580. The van der Waals surface area contributed by atoms with E-state index in [0.29, 0.717) is 31.8 Å². The molecule has 1 heterocycles. The van der Waals surface area contributed by atoms with E-state index in [1.807, 2.05) is 4.90 Å². The highest BCUT2D eigenvalue weighted by atomic mass is 32.2. The fourth-order valence-corrected chi connectivity index (χ4v) is 7.26. The zero-order valence-electron chi connectivity index (χ0n) is 13.5. The fraction of sp³-hybridized carbons (Fsp3) is 0.941. The minimum absolute atomic E-state index is 0.0767. The van der Waals surface area contributed by atoms with Gasteiger partial charge < -0.3 is 4.90 Å². The molecule has 4 aliphatic carbocycles. The Balaban J connectivity index is 1.47. The van der Waals surface area contributed by atoms with E-state index in [1.54, 1.807) is 0 Å². The van der Waals surface area contributed by atoms with E-state index in [4.69, 9.17) is 0 Å². The number of sulfone groups is 1. The van der Waals surface area contributed by atoms with Crippen LogP contribution in [-0.2, 0) is 14.6 Å². The van der Waals surface area contributed by atoms with Crippen LogP contribution in [0.2, 0.25) is 0 Å².